The van der Waals surface area contributed by atoms with Gasteiger partial charge in [0.1, 0.15) is 0 Å². The third-order valence-corrected chi connectivity index (χ3v) is 3.47. The molecule has 0 amide bonds. The van der Waals surface area contributed by atoms with Gasteiger partial charge >= 0.3 is 6.18 Å². The second-order valence-electron chi connectivity index (χ2n) is 3.98. The van der Waals surface area contributed by atoms with Crippen LogP contribution < -0.4 is 0 Å². The summed E-state index contributed by atoms with van der Waals surface area (Å²) in [5.41, 5.74) is 0.541. The summed E-state index contributed by atoms with van der Waals surface area (Å²) in [7, 11) is 0. The Hall–Kier alpha value is -2.15. The van der Waals surface area contributed by atoms with Crippen LogP contribution in [0.3, 0.4) is 0 Å². The minimum atomic E-state index is -4.56. The molecule has 0 atom stereocenters. The Morgan fingerprint density at radius 1 is 1.00 bits per heavy atom. The van der Waals surface area contributed by atoms with E-state index in [9.17, 15) is 13.2 Å². The van der Waals surface area contributed by atoms with Crippen molar-refractivity contribution in [1.82, 2.24) is 14.8 Å². The number of halogens is 3. The summed E-state index contributed by atoms with van der Waals surface area (Å²) in [6.07, 6.45) is -4.56. The number of nitrogens with zero attached hydrogens (tertiary/aromatic N) is 3. The lowest BCUT2D eigenvalue weighted by Crippen LogP contribution is -2.08. The molecule has 0 saturated heterocycles. The first-order valence-electron chi connectivity index (χ1n) is 5.69. The highest BCUT2D eigenvalue weighted by Gasteiger charge is 2.37. The fraction of sp³-hybridized carbons (Fsp3) is 0.0769. The van der Waals surface area contributed by atoms with Crippen LogP contribution in [0.15, 0.2) is 47.8 Å². The molecular weight excluding hydrogens is 287 g/mol. The van der Waals surface area contributed by atoms with Crippen LogP contribution in [0.4, 0.5) is 13.2 Å². The number of para-hydroxylation sites is 1. The maximum absolute atomic E-state index is 12.8. The van der Waals surface area contributed by atoms with E-state index in [1.807, 2.05) is 0 Å². The molecule has 0 bridgehead atoms. The Morgan fingerprint density at radius 2 is 1.75 bits per heavy atom. The average molecular weight is 295 g/mol. The number of rotatable bonds is 2. The lowest BCUT2D eigenvalue weighted by molar-refractivity contribution is -0.144. The highest BCUT2D eigenvalue weighted by Crippen LogP contribution is 2.31. The quantitative estimate of drug-likeness (QED) is 0.715. The van der Waals surface area contributed by atoms with Gasteiger partial charge in [-0.15, -0.1) is 16.4 Å². The van der Waals surface area contributed by atoms with Crippen molar-refractivity contribution in [1.29, 1.82) is 0 Å². The molecule has 0 saturated carbocycles. The first-order valence-corrected chi connectivity index (χ1v) is 6.57. The van der Waals surface area contributed by atoms with E-state index in [0.29, 0.717) is 10.6 Å². The smallest absolute Gasteiger partial charge is 0.212 e. The maximum atomic E-state index is 12.8. The van der Waals surface area contributed by atoms with Gasteiger partial charge in [0.05, 0.1) is 10.6 Å². The van der Waals surface area contributed by atoms with Gasteiger partial charge < -0.3 is 0 Å². The van der Waals surface area contributed by atoms with Crippen molar-refractivity contribution < 1.29 is 13.2 Å². The Morgan fingerprint density at radius 3 is 2.35 bits per heavy atom. The molecule has 0 fully saturated rings. The van der Waals surface area contributed by atoms with Gasteiger partial charge in [-0.25, -0.2) is 9.67 Å². The van der Waals surface area contributed by atoms with Crippen LogP contribution >= 0.6 is 11.3 Å². The van der Waals surface area contributed by atoms with Crippen molar-refractivity contribution in [2.24, 2.45) is 0 Å². The summed E-state index contributed by atoms with van der Waals surface area (Å²) in [6, 6.07) is 12.1. The summed E-state index contributed by atoms with van der Waals surface area (Å²) in [5, 5.41) is 5.38. The van der Waals surface area contributed by atoms with Crippen molar-refractivity contribution in [3.8, 4) is 16.4 Å². The fourth-order valence-corrected chi connectivity index (χ4v) is 2.45. The van der Waals surface area contributed by atoms with Crippen LogP contribution in [0.25, 0.3) is 16.4 Å². The Kier molecular flexibility index (Phi) is 3.06. The number of benzene rings is 1. The Bertz CT molecular complexity index is 702. The average Bonchev–Trinajstić information content (AvgIpc) is 3.08. The summed E-state index contributed by atoms with van der Waals surface area (Å²) < 4.78 is 39.6. The summed E-state index contributed by atoms with van der Waals surface area (Å²) in [5.74, 6) is -0.941. The molecule has 3 nitrogen and oxygen atoms in total. The molecule has 102 valence electrons. The molecule has 3 rings (SSSR count). The number of hydrogen-bond acceptors (Lipinski definition) is 3. The number of alkyl halides is 3. The predicted molar refractivity (Wildman–Crippen MR) is 69.7 cm³/mol. The Labute approximate surface area is 116 Å². The first kappa shape index (κ1) is 12.9. The first-order chi connectivity index (χ1) is 9.55. The lowest BCUT2D eigenvalue weighted by atomic mass is 10.3. The molecule has 0 aliphatic heterocycles. The lowest BCUT2D eigenvalue weighted by Gasteiger charge is -2.03. The van der Waals surface area contributed by atoms with Crippen molar-refractivity contribution in [2.75, 3.05) is 0 Å². The van der Waals surface area contributed by atoms with Gasteiger partial charge in [-0.1, -0.05) is 24.3 Å². The number of hydrogen-bond donors (Lipinski definition) is 0. The molecule has 0 spiro atoms. The maximum Gasteiger partial charge on any atom is 0.453 e. The number of aromatic nitrogens is 3. The second kappa shape index (κ2) is 4.75. The van der Waals surface area contributed by atoms with Gasteiger partial charge in [0.15, 0.2) is 5.82 Å². The monoisotopic (exact) mass is 295 g/mol. The fourth-order valence-electron chi connectivity index (χ4n) is 1.75. The summed E-state index contributed by atoms with van der Waals surface area (Å²) in [6.45, 7) is 0. The van der Waals surface area contributed by atoms with Crippen LogP contribution in [0.5, 0.6) is 0 Å². The van der Waals surface area contributed by atoms with Gasteiger partial charge in [0, 0.05) is 0 Å². The molecule has 7 heteroatoms. The van der Waals surface area contributed by atoms with Crippen LogP contribution in [0.2, 0.25) is 0 Å². The minimum absolute atomic E-state index is 0.193. The zero-order chi connectivity index (χ0) is 14.2. The number of thiophene rings is 1. The molecule has 0 radical (unpaired) electrons. The largest absolute Gasteiger partial charge is 0.453 e. The van der Waals surface area contributed by atoms with Crippen LogP contribution in [-0.2, 0) is 6.18 Å². The van der Waals surface area contributed by atoms with E-state index >= 15 is 0 Å². The van der Waals surface area contributed by atoms with Crippen LogP contribution in [0.1, 0.15) is 5.82 Å². The van der Waals surface area contributed by atoms with E-state index in [1.54, 1.807) is 47.8 Å². The molecule has 3 aromatic rings. The Balaban J connectivity index is 2.20. The minimum Gasteiger partial charge on any atom is -0.212 e. The summed E-state index contributed by atoms with van der Waals surface area (Å²) >= 11 is 1.32. The van der Waals surface area contributed by atoms with Gasteiger partial charge in [-0.3, -0.25) is 0 Å². The van der Waals surface area contributed by atoms with E-state index in [4.69, 9.17) is 0 Å². The van der Waals surface area contributed by atoms with Gasteiger partial charge in [0.25, 0.3) is 5.82 Å². The molecule has 2 aromatic heterocycles. The molecular formula is C13H8F3N3S. The third kappa shape index (κ3) is 2.32. The van der Waals surface area contributed by atoms with Crippen molar-refractivity contribution in [3.05, 3.63) is 53.7 Å². The molecule has 1 aromatic carbocycles. The van der Waals surface area contributed by atoms with Crippen LogP contribution in [-0.4, -0.2) is 14.8 Å². The van der Waals surface area contributed by atoms with Gasteiger partial charge in [0.2, 0.25) is 0 Å². The van der Waals surface area contributed by atoms with Crippen molar-refractivity contribution in [3.63, 3.8) is 0 Å². The van der Waals surface area contributed by atoms with E-state index < -0.39 is 12.0 Å². The molecule has 20 heavy (non-hydrogen) atoms. The third-order valence-electron chi connectivity index (χ3n) is 2.60. The van der Waals surface area contributed by atoms with Crippen molar-refractivity contribution in [2.45, 2.75) is 6.18 Å². The molecule has 0 N–H and O–H groups in total. The summed E-state index contributed by atoms with van der Waals surface area (Å²) in [4.78, 5) is 4.27. The van der Waals surface area contributed by atoms with Gasteiger partial charge in [-0.05, 0) is 23.6 Å². The van der Waals surface area contributed by atoms with Crippen molar-refractivity contribution >= 4 is 11.3 Å². The SMILES string of the molecule is FC(F)(F)c1nc(-c2cccs2)n(-c2ccccc2)n1. The molecule has 0 aliphatic carbocycles. The zero-order valence-electron chi connectivity index (χ0n) is 10.0. The molecule has 0 unspecified atom stereocenters. The zero-order valence-corrected chi connectivity index (χ0v) is 10.8. The van der Waals surface area contributed by atoms with E-state index in [0.717, 1.165) is 0 Å². The van der Waals surface area contributed by atoms with Gasteiger partial charge in [-0.2, -0.15) is 13.2 Å². The molecule has 0 aliphatic rings. The highest BCUT2D eigenvalue weighted by molar-refractivity contribution is 7.13. The standard InChI is InChI=1S/C13H8F3N3S/c14-13(15,16)12-17-11(10-7-4-8-20-10)19(18-12)9-5-2-1-3-6-9/h1-8H. The second-order valence-corrected chi connectivity index (χ2v) is 4.93. The predicted octanol–water partition coefficient (Wildman–Crippen LogP) is 4.01. The molecule has 2 heterocycles. The topological polar surface area (TPSA) is 30.7 Å². The van der Waals surface area contributed by atoms with Crippen LogP contribution in [0, 0.1) is 0 Å². The normalized spacial score (nSPS) is 11.8. The van der Waals surface area contributed by atoms with E-state index in [-0.39, 0.29) is 5.82 Å². The van der Waals surface area contributed by atoms with E-state index in [2.05, 4.69) is 10.1 Å². The van der Waals surface area contributed by atoms with E-state index in [1.165, 1.54) is 16.0 Å². The highest BCUT2D eigenvalue weighted by atomic mass is 32.1.